The van der Waals surface area contributed by atoms with Crippen LogP contribution in [0, 0.1) is 13.8 Å². The van der Waals surface area contributed by atoms with Gasteiger partial charge in [0.2, 0.25) is 0 Å². The van der Waals surface area contributed by atoms with Gasteiger partial charge in [-0.15, -0.1) is 0 Å². The summed E-state index contributed by atoms with van der Waals surface area (Å²) in [7, 11) is 0. The largest absolute Gasteiger partial charge is 0.459 e. The van der Waals surface area contributed by atoms with Gasteiger partial charge >= 0.3 is 6.30 Å². The van der Waals surface area contributed by atoms with E-state index >= 15 is 0 Å². The molecule has 0 spiro atoms. The highest BCUT2D eigenvalue weighted by atomic mass is 19.4. The van der Waals surface area contributed by atoms with Crippen molar-refractivity contribution in [3.05, 3.63) is 64.6 Å². The first-order chi connectivity index (χ1) is 14.1. The van der Waals surface area contributed by atoms with E-state index in [0.717, 1.165) is 33.4 Å². The van der Waals surface area contributed by atoms with Gasteiger partial charge in [-0.1, -0.05) is 17.7 Å². The Morgan fingerprint density at radius 3 is 2.47 bits per heavy atom. The van der Waals surface area contributed by atoms with E-state index in [9.17, 15) is 18.3 Å². The average molecular weight is 417 g/mol. The maximum atomic E-state index is 13.3. The van der Waals surface area contributed by atoms with Crippen LogP contribution in [0.5, 0.6) is 0 Å². The lowest BCUT2D eigenvalue weighted by Crippen LogP contribution is -2.39. The zero-order chi connectivity index (χ0) is 21.7. The van der Waals surface area contributed by atoms with Gasteiger partial charge in [-0.25, -0.2) is 4.90 Å². The summed E-state index contributed by atoms with van der Waals surface area (Å²) in [6.07, 6.45) is -2.06. The number of halogens is 3. The van der Waals surface area contributed by atoms with Gasteiger partial charge in [-0.3, -0.25) is 4.98 Å². The molecule has 160 valence electrons. The van der Waals surface area contributed by atoms with Gasteiger partial charge in [0.05, 0.1) is 6.54 Å². The Kier molecular flexibility index (Phi) is 5.14. The summed E-state index contributed by atoms with van der Waals surface area (Å²) >= 11 is 0. The molecule has 1 atom stereocenters. The first kappa shape index (κ1) is 20.9. The Bertz CT molecular complexity index is 1070. The van der Waals surface area contributed by atoms with Crippen molar-refractivity contribution in [1.29, 1.82) is 0 Å². The number of aliphatic hydroxyl groups is 1. The zero-order valence-electron chi connectivity index (χ0n) is 17.4. The summed E-state index contributed by atoms with van der Waals surface area (Å²) in [6, 6.07) is 9.74. The predicted molar refractivity (Wildman–Crippen MR) is 110 cm³/mol. The van der Waals surface area contributed by atoms with Crippen molar-refractivity contribution in [1.82, 2.24) is 14.5 Å². The minimum absolute atomic E-state index is 0.0537. The van der Waals surface area contributed by atoms with E-state index in [1.165, 1.54) is 0 Å². The Labute approximate surface area is 174 Å². The molecular weight excluding hydrogens is 391 g/mol. The van der Waals surface area contributed by atoms with E-state index in [-0.39, 0.29) is 26.1 Å². The van der Waals surface area contributed by atoms with Crippen molar-refractivity contribution in [2.24, 2.45) is 0 Å². The van der Waals surface area contributed by atoms with Crippen LogP contribution in [0.3, 0.4) is 0 Å². The highest BCUT2D eigenvalue weighted by molar-refractivity contribution is 5.86. The monoisotopic (exact) mass is 417 g/mol. The summed E-state index contributed by atoms with van der Waals surface area (Å²) in [6.45, 7) is 5.70. The number of nitrogens with zero attached hydrogens (tertiary/aromatic N) is 3. The number of rotatable bonds is 3. The van der Waals surface area contributed by atoms with Gasteiger partial charge in [0.1, 0.15) is 5.60 Å². The van der Waals surface area contributed by atoms with Gasteiger partial charge in [0, 0.05) is 53.6 Å². The fourth-order valence-corrected chi connectivity index (χ4v) is 4.37. The molecule has 1 unspecified atom stereocenters. The number of benzene rings is 1. The molecule has 0 aliphatic carbocycles. The van der Waals surface area contributed by atoms with Crippen molar-refractivity contribution in [3.8, 4) is 0 Å². The Morgan fingerprint density at radius 2 is 1.80 bits per heavy atom. The summed E-state index contributed by atoms with van der Waals surface area (Å²) in [5.41, 5.74) is 4.18. The number of hydrogen-bond acceptors (Lipinski definition) is 3. The molecule has 3 heterocycles. The molecule has 1 aromatic carbocycles. The van der Waals surface area contributed by atoms with Gasteiger partial charge in [0.25, 0.3) is 0 Å². The topological polar surface area (TPSA) is 41.3 Å². The van der Waals surface area contributed by atoms with Crippen LogP contribution in [0.15, 0.2) is 36.5 Å². The molecule has 7 heteroatoms. The van der Waals surface area contributed by atoms with Crippen LogP contribution in [0.25, 0.3) is 10.9 Å². The molecule has 1 N–H and O–H groups in total. The van der Waals surface area contributed by atoms with E-state index in [4.69, 9.17) is 0 Å². The normalized spacial score (nSPS) is 17.6. The Hall–Kier alpha value is -2.38. The second kappa shape index (κ2) is 7.39. The van der Waals surface area contributed by atoms with Crippen molar-refractivity contribution in [3.63, 3.8) is 0 Å². The maximum Gasteiger partial charge on any atom is 0.459 e. The van der Waals surface area contributed by atoms with E-state index in [0.29, 0.717) is 16.9 Å². The fourth-order valence-electron chi connectivity index (χ4n) is 4.37. The molecule has 2 aromatic heterocycles. The van der Waals surface area contributed by atoms with E-state index in [1.807, 2.05) is 48.7 Å². The lowest BCUT2D eigenvalue weighted by molar-refractivity contribution is -0.244. The molecular formula is C23H26F3N3O. The molecule has 3 aromatic rings. The Balaban J connectivity index is 1.79. The maximum absolute atomic E-state index is 13.3. The van der Waals surface area contributed by atoms with Crippen LogP contribution in [0.2, 0.25) is 0 Å². The highest BCUT2D eigenvalue weighted by Crippen LogP contribution is 2.35. The molecule has 0 bridgehead atoms. The van der Waals surface area contributed by atoms with E-state index in [2.05, 4.69) is 4.98 Å². The second-order valence-electron chi connectivity index (χ2n) is 8.45. The Morgan fingerprint density at radius 1 is 1.07 bits per heavy atom. The lowest BCUT2D eigenvalue weighted by atomic mass is 9.97. The molecule has 1 aliphatic heterocycles. The van der Waals surface area contributed by atoms with Crippen LogP contribution in [0.1, 0.15) is 35.0 Å². The van der Waals surface area contributed by atoms with Crippen molar-refractivity contribution < 1.29 is 18.3 Å². The number of fused-ring (bicyclic) bond motifs is 3. The highest BCUT2D eigenvalue weighted by Gasteiger charge is 2.39. The number of hydrogen-bond donors (Lipinski definition) is 1. The minimum atomic E-state index is -4.33. The fraction of sp³-hybridized carbons (Fsp3) is 0.435. The number of aromatic nitrogens is 2. The summed E-state index contributed by atoms with van der Waals surface area (Å²) in [5, 5.41) is 12.2. The van der Waals surface area contributed by atoms with Crippen LogP contribution >= 0.6 is 0 Å². The quantitative estimate of drug-likeness (QED) is 0.639. The molecule has 0 saturated heterocycles. The number of pyridine rings is 1. The number of aryl methyl sites for hydroxylation is 2. The first-order valence-corrected chi connectivity index (χ1v) is 10.1. The second-order valence-corrected chi connectivity index (χ2v) is 8.45. The molecule has 4 rings (SSSR count). The molecule has 1 aliphatic rings. The average Bonchev–Trinajstić information content (AvgIpc) is 2.81. The third kappa shape index (κ3) is 3.84. The van der Waals surface area contributed by atoms with Gasteiger partial charge in [-0.2, -0.15) is 13.2 Å². The number of alkyl halides is 3. The van der Waals surface area contributed by atoms with Gasteiger partial charge in [0.15, 0.2) is 0 Å². The minimum Gasteiger partial charge on any atom is -0.384 e. The standard InChI is InChI=1S/C23H26F3N3O/c1-15-4-7-20-19(12-15)18-8-10-28(23(24,25)26)11-9-21(18)29(20)14-22(3,30)17-6-5-16(2)27-13-17/h4-7,12-13,30H,8-11,14H2,1-3H3. The summed E-state index contributed by atoms with van der Waals surface area (Å²) in [4.78, 5) is 4.87. The van der Waals surface area contributed by atoms with Gasteiger partial charge in [-0.05, 0) is 51.0 Å². The molecule has 0 saturated carbocycles. The van der Waals surface area contributed by atoms with Crippen LogP contribution < -0.4 is 0 Å². The third-order valence-electron chi connectivity index (χ3n) is 6.05. The zero-order valence-corrected chi connectivity index (χ0v) is 17.4. The van der Waals surface area contributed by atoms with Crippen LogP contribution in [0.4, 0.5) is 13.2 Å². The lowest BCUT2D eigenvalue weighted by Gasteiger charge is -2.27. The van der Waals surface area contributed by atoms with E-state index in [1.54, 1.807) is 13.1 Å². The molecule has 30 heavy (non-hydrogen) atoms. The van der Waals surface area contributed by atoms with Gasteiger partial charge < -0.3 is 9.67 Å². The molecule has 4 nitrogen and oxygen atoms in total. The summed E-state index contributed by atoms with van der Waals surface area (Å²) < 4.78 is 42.0. The van der Waals surface area contributed by atoms with Crippen LogP contribution in [-0.4, -0.2) is 38.9 Å². The smallest absolute Gasteiger partial charge is 0.384 e. The summed E-state index contributed by atoms with van der Waals surface area (Å²) in [5.74, 6) is 0. The van der Waals surface area contributed by atoms with Crippen molar-refractivity contribution in [2.45, 2.75) is 52.1 Å². The van der Waals surface area contributed by atoms with Crippen molar-refractivity contribution >= 4 is 10.9 Å². The van der Waals surface area contributed by atoms with Crippen LogP contribution in [-0.2, 0) is 25.0 Å². The van der Waals surface area contributed by atoms with Crippen molar-refractivity contribution in [2.75, 3.05) is 13.1 Å². The predicted octanol–water partition coefficient (Wildman–Crippen LogP) is 4.48. The van der Waals surface area contributed by atoms with E-state index < -0.39 is 11.9 Å². The third-order valence-corrected chi connectivity index (χ3v) is 6.05. The molecule has 0 fully saturated rings. The SMILES string of the molecule is Cc1ccc2c(c1)c1c(n2CC(C)(O)c2ccc(C)nc2)CCN(C(F)(F)F)CC1. The molecule has 0 amide bonds. The molecule has 0 radical (unpaired) electrons. The first-order valence-electron chi connectivity index (χ1n) is 10.1.